The summed E-state index contributed by atoms with van der Waals surface area (Å²) in [5.41, 5.74) is 7.13. The zero-order valence-corrected chi connectivity index (χ0v) is 10.3. The van der Waals surface area contributed by atoms with Crippen LogP contribution in [-0.2, 0) is 6.54 Å². The van der Waals surface area contributed by atoms with Crippen LogP contribution in [0.4, 0.5) is 4.39 Å². The fourth-order valence-corrected chi connectivity index (χ4v) is 3.20. The van der Waals surface area contributed by atoms with Crippen LogP contribution in [0.15, 0.2) is 23.6 Å². The fourth-order valence-electron chi connectivity index (χ4n) is 1.51. The molecule has 86 valence electrons. The number of nitrogens with two attached hydrogens (primary N) is 1. The number of thiazole rings is 2. The first-order valence-corrected chi connectivity index (χ1v) is 6.67. The molecule has 0 aliphatic rings. The van der Waals surface area contributed by atoms with Gasteiger partial charge in [0.1, 0.15) is 21.5 Å². The third-order valence-corrected chi connectivity index (χ3v) is 4.21. The Morgan fingerprint density at radius 2 is 2.18 bits per heavy atom. The minimum absolute atomic E-state index is 0.242. The predicted molar refractivity (Wildman–Crippen MR) is 68.6 cm³/mol. The Morgan fingerprint density at radius 3 is 2.94 bits per heavy atom. The van der Waals surface area contributed by atoms with Gasteiger partial charge in [-0.15, -0.1) is 22.7 Å². The number of rotatable bonds is 2. The van der Waals surface area contributed by atoms with Crippen LogP contribution in [0.2, 0.25) is 0 Å². The third-order valence-electron chi connectivity index (χ3n) is 2.30. The van der Waals surface area contributed by atoms with E-state index in [4.69, 9.17) is 5.73 Å². The molecule has 2 N–H and O–H groups in total. The van der Waals surface area contributed by atoms with Gasteiger partial charge >= 0.3 is 0 Å². The quantitative estimate of drug-likeness (QED) is 0.775. The normalized spacial score (nSPS) is 11.2. The zero-order chi connectivity index (χ0) is 11.8. The van der Waals surface area contributed by atoms with Gasteiger partial charge in [-0.25, -0.2) is 14.4 Å². The maximum absolute atomic E-state index is 13.1. The minimum Gasteiger partial charge on any atom is -0.325 e. The molecule has 0 bridgehead atoms. The molecular weight excluding hydrogens is 257 g/mol. The van der Waals surface area contributed by atoms with Gasteiger partial charge < -0.3 is 5.73 Å². The lowest BCUT2D eigenvalue weighted by Gasteiger charge is -1.86. The van der Waals surface area contributed by atoms with Crippen LogP contribution < -0.4 is 5.73 Å². The SMILES string of the molecule is NCc1nc(-c2nc3ccc(F)cc3s2)cs1. The molecule has 0 aliphatic carbocycles. The van der Waals surface area contributed by atoms with Crippen LogP contribution >= 0.6 is 22.7 Å². The maximum atomic E-state index is 13.1. The first-order chi connectivity index (χ1) is 8.26. The largest absolute Gasteiger partial charge is 0.325 e. The average molecular weight is 265 g/mol. The average Bonchev–Trinajstić information content (AvgIpc) is 2.93. The fraction of sp³-hybridized carbons (Fsp3) is 0.0909. The van der Waals surface area contributed by atoms with Gasteiger partial charge in [-0.3, -0.25) is 0 Å². The molecular formula is C11H8FN3S2. The van der Waals surface area contributed by atoms with E-state index >= 15 is 0 Å². The molecule has 3 aromatic rings. The second-order valence-electron chi connectivity index (χ2n) is 3.46. The van der Waals surface area contributed by atoms with Gasteiger partial charge in [0, 0.05) is 11.9 Å². The van der Waals surface area contributed by atoms with E-state index in [0.29, 0.717) is 6.54 Å². The minimum atomic E-state index is -0.242. The molecule has 3 rings (SSSR count). The van der Waals surface area contributed by atoms with Gasteiger partial charge in [-0.2, -0.15) is 0 Å². The first kappa shape index (κ1) is 10.8. The summed E-state index contributed by atoms with van der Waals surface area (Å²) >= 11 is 2.95. The van der Waals surface area contributed by atoms with E-state index < -0.39 is 0 Å². The zero-order valence-electron chi connectivity index (χ0n) is 8.68. The van der Waals surface area contributed by atoms with Gasteiger partial charge in [0.05, 0.1) is 10.2 Å². The molecule has 0 fully saturated rings. The highest BCUT2D eigenvalue weighted by molar-refractivity contribution is 7.21. The molecule has 6 heteroatoms. The van der Waals surface area contributed by atoms with Crippen molar-refractivity contribution in [2.24, 2.45) is 5.73 Å². The van der Waals surface area contributed by atoms with E-state index in [-0.39, 0.29) is 5.82 Å². The molecule has 0 saturated heterocycles. The van der Waals surface area contributed by atoms with E-state index in [1.807, 2.05) is 5.38 Å². The van der Waals surface area contributed by atoms with Crippen LogP contribution in [0.5, 0.6) is 0 Å². The topological polar surface area (TPSA) is 51.8 Å². The molecule has 0 unspecified atom stereocenters. The Kier molecular flexibility index (Phi) is 2.62. The second kappa shape index (κ2) is 4.14. The van der Waals surface area contributed by atoms with E-state index in [1.165, 1.54) is 34.8 Å². The lowest BCUT2D eigenvalue weighted by atomic mass is 10.3. The molecule has 17 heavy (non-hydrogen) atoms. The third kappa shape index (κ3) is 1.95. The van der Waals surface area contributed by atoms with Crippen LogP contribution in [-0.4, -0.2) is 9.97 Å². The van der Waals surface area contributed by atoms with Crippen LogP contribution in [0.1, 0.15) is 5.01 Å². The number of benzene rings is 1. The second-order valence-corrected chi connectivity index (χ2v) is 5.43. The van der Waals surface area contributed by atoms with Crippen molar-refractivity contribution in [3.8, 4) is 10.7 Å². The standard InChI is InChI=1S/C11H8FN3S2/c12-6-1-2-7-9(3-6)17-11(15-7)8-5-16-10(4-13)14-8/h1-3,5H,4,13H2. The van der Waals surface area contributed by atoms with Crippen molar-refractivity contribution in [2.45, 2.75) is 6.54 Å². The Bertz CT molecular complexity index is 674. The Balaban J connectivity index is 2.11. The summed E-state index contributed by atoms with van der Waals surface area (Å²) in [5.74, 6) is -0.242. The highest BCUT2D eigenvalue weighted by Crippen LogP contribution is 2.31. The molecule has 0 atom stereocenters. The van der Waals surface area contributed by atoms with Gasteiger partial charge in [0.25, 0.3) is 0 Å². The Hall–Kier alpha value is -1.37. The molecule has 0 saturated carbocycles. The highest BCUT2D eigenvalue weighted by atomic mass is 32.1. The van der Waals surface area contributed by atoms with E-state index in [1.54, 1.807) is 6.07 Å². The van der Waals surface area contributed by atoms with E-state index in [2.05, 4.69) is 9.97 Å². The van der Waals surface area contributed by atoms with Crippen molar-refractivity contribution >= 4 is 32.9 Å². The summed E-state index contributed by atoms with van der Waals surface area (Å²) < 4.78 is 13.9. The van der Waals surface area contributed by atoms with Gasteiger partial charge in [-0.05, 0) is 18.2 Å². The lowest BCUT2D eigenvalue weighted by molar-refractivity contribution is 0.630. The molecule has 0 spiro atoms. The van der Waals surface area contributed by atoms with Crippen molar-refractivity contribution in [1.82, 2.24) is 9.97 Å². The predicted octanol–water partition coefficient (Wildman–Crippen LogP) is 3.02. The summed E-state index contributed by atoms with van der Waals surface area (Å²) in [4.78, 5) is 8.79. The summed E-state index contributed by atoms with van der Waals surface area (Å²) in [5, 5.41) is 3.61. The molecule has 2 aromatic heterocycles. The van der Waals surface area contributed by atoms with Gasteiger partial charge in [0.2, 0.25) is 0 Å². The van der Waals surface area contributed by atoms with Crippen molar-refractivity contribution in [1.29, 1.82) is 0 Å². The lowest BCUT2D eigenvalue weighted by Crippen LogP contribution is -1.94. The summed E-state index contributed by atoms with van der Waals surface area (Å²) in [6.07, 6.45) is 0. The monoisotopic (exact) mass is 265 g/mol. The van der Waals surface area contributed by atoms with Crippen LogP contribution in [0.25, 0.3) is 20.9 Å². The molecule has 2 heterocycles. The number of hydrogen-bond acceptors (Lipinski definition) is 5. The Labute approximate surface area is 105 Å². The summed E-state index contributed by atoms with van der Waals surface area (Å²) in [6.45, 7) is 0.435. The number of aromatic nitrogens is 2. The molecule has 3 nitrogen and oxygen atoms in total. The molecule has 0 amide bonds. The summed E-state index contributed by atoms with van der Waals surface area (Å²) in [6, 6.07) is 4.59. The van der Waals surface area contributed by atoms with Crippen LogP contribution in [0.3, 0.4) is 0 Å². The first-order valence-electron chi connectivity index (χ1n) is 4.97. The number of hydrogen-bond donors (Lipinski definition) is 1. The smallest absolute Gasteiger partial charge is 0.143 e. The van der Waals surface area contributed by atoms with Gasteiger partial charge in [-0.1, -0.05) is 0 Å². The van der Waals surface area contributed by atoms with Crippen molar-refractivity contribution < 1.29 is 4.39 Å². The highest BCUT2D eigenvalue weighted by Gasteiger charge is 2.10. The molecule has 0 aliphatic heterocycles. The van der Waals surface area contributed by atoms with Crippen molar-refractivity contribution in [3.63, 3.8) is 0 Å². The number of halogens is 1. The van der Waals surface area contributed by atoms with Crippen LogP contribution in [0, 0.1) is 5.82 Å². The number of nitrogens with zero attached hydrogens (tertiary/aromatic N) is 2. The van der Waals surface area contributed by atoms with Crippen molar-refractivity contribution in [2.75, 3.05) is 0 Å². The van der Waals surface area contributed by atoms with E-state index in [9.17, 15) is 4.39 Å². The maximum Gasteiger partial charge on any atom is 0.143 e. The van der Waals surface area contributed by atoms with Gasteiger partial charge in [0.15, 0.2) is 0 Å². The molecule has 0 radical (unpaired) electrons. The molecule has 1 aromatic carbocycles. The van der Waals surface area contributed by atoms with E-state index in [0.717, 1.165) is 25.9 Å². The Morgan fingerprint density at radius 1 is 1.29 bits per heavy atom. The number of fused-ring (bicyclic) bond motifs is 1. The summed E-state index contributed by atoms with van der Waals surface area (Å²) in [7, 11) is 0. The van der Waals surface area contributed by atoms with Crippen molar-refractivity contribution in [3.05, 3.63) is 34.4 Å².